The first-order valence-corrected chi connectivity index (χ1v) is 5.42. The van der Waals surface area contributed by atoms with Crippen LogP contribution in [0.4, 0.5) is 4.79 Å². The van der Waals surface area contributed by atoms with Crippen LogP contribution < -0.4 is 5.73 Å². The van der Waals surface area contributed by atoms with Gasteiger partial charge in [0.1, 0.15) is 24.3 Å². The molecule has 0 aromatic heterocycles. The molecule has 87 valence electrons. The molecule has 18 heavy (non-hydrogen) atoms. The number of carbonyl (C=O) groups excluding carboxylic acids is 1. The van der Waals surface area contributed by atoms with Crippen molar-refractivity contribution in [2.24, 2.45) is 15.7 Å². The van der Waals surface area contributed by atoms with Crippen LogP contribution in [-0.2, 0) is 0 Å². The Bertz CT molecular complexity index is 628. The summed E-state index contributed by atoms with van der Waals surface area (Å²) in [5.74, 6) is 0.323. The van der Waals surface area contributed by atoms with E-state index in [0.29, 0.717) is 11.7 Å². The van der Waals surface area contributed by atoms with Gasteiger partial charge in [-0.3, -0.25) is 0 Å². The average molecular weight is 238 g/mol. The van der Waals surface area contributed by atoms with Crippen molar-refractivity contribution in [1.82, 2.24) is 0 Å². The molecule has 1 aromatic carbocycles. The van der Waals surface area contributed by atoms with Crippen LogP contribution in [0.3, 0.4) is 0 Å². The van der Waals surface area contributed by atoms with Gasteiger partial charge in [0.15, 0.2) is 0 Å². The van der Waals surface area contributed by atoms with Crippen LogP contribution in [0.1, 0.15) is 5.56 Å². The molecule has 0 aliphatic carbocycles. The average Bonchev–Trinajstić information content (AvgIpc) is 2.80. The first kappa shape index (κ1) is 10.6. The van der Waals surface area contributed by atoms with E-state index in [1.54, 1.807) is 18.5 Å². The zero-order chi connectivity index (χ0) is 12.6. The summed E-state index contributed by atoms with van der Waals surface area (Å²) in [7, 11) is 0. The van der Waals surface area contributed by atoms with E-state index in [0.717, 1.165) is 5.56 Å². The zero-order valence-electron chi connectivity index (χ0n) is 9.45. The number of rotatable bonds is 1. The number of guanidine groups is 1. The molecule has 1 unspecified atom stereocenters. The van der Waals surface area contributed by atoms with Gasteiger partial charge in [-0.15, -0.1) is 4.48 Å². The third kappa shape index (κ3) is 1.42. The molecule has 1 atom stereocenters. The predicted molar refractivity (Wildman–Crippen MR) is 68.3 cm³/mol. The van der Waals surface area contributed by atoms with Gasteiger partial charge >= 0.3 is 12.0 Å². The minimum atomic E-state index is -0.541. The van der Waals surface area contributed by atoms with Crippen LogP contribution in [0.2, 0.25) is 0 Å². The fourth-order valence-electron chi connectivity index (χ4n) is 1.92. The van der Waals surface area contributed by atoms with Gasteiger partial charge in [0.2, 0.25) is 0 Å². The molecule has 3 rings (SSSR count). The predicted octanol–water partition coefficient (Wildman–Crippen LogP) is 1.73. The summed E-state index contributed by atoms with van der Waals surface area (Å²) in [5, 5.41) is 0. The van der Waals surface area contributed by atoms with Gasteiger partial charge in [0, 0.05) is 11.6 Å². The van der Waals surface area contributed by atoms with Gasteiger partial charge in [-0.2, -0.15) is 9.98 Å². The molecule has 1 radical (unpaired) electrons. The summed E-state index contributed by atoms with van der Waals surface area (Å²) in [6.07, 6.45) is 7.53. The lowest BCUT2D eigenvalue weighted by Gasteiger charge is -2.20. The number of allylic oxidation sites excluding steroid dienone is 1. The highest BCUT2D eigenvalue weighted by atomic mass is 16.2. The van der Waals surface area contributed by atoms with Crippen LogP contribution in [0, 0.1) is 0 Å². The number of carbonyl (C=O) groups is 1. The third-order valence-electron chi connectivity index (χ3n) is 2.86. The number of aliphatic imine (C=N–C) groups is 2. The van der Waals surface area contributed by atoms with Crippen LogP contribution in [0.25, 0.3) is 5.70 Å². The summed E-state index contributed by atoms with van der Waals surface area (Å²) in [5.41, 5.74) is 7.05. The first-order valence-electron chi connectivity index (χ1n) is 5.42. The van der Waals surface area contributed by atoms with Crippen molar-refractivity contribution in [1.29, 1.82) is 0 Å². The maximum Gasteiger partial charge on any atom is 0.431 e. The van der Waals surface area contributed by atoms with E-state index >= 15 is 0 Å². The number of hydrogen-bond acceptors (Lipinski definition) is 3. The second kappa shape index (κ2) is 3.75. The van der Waals surface area contributed by atoms with E-state index in [1.165, 1.54) is 0 Å². The van der Waals surface area contributed by atoms with E-state index in [1.807, 2.05) is 30.3 Å². The topological polar surface area (TPSA) is 67.8 Å². The summed E-state index contributed by atoms with van der Waals surface area (Å²) in [6, 6.07) is 9.04. The number of nitrogens with zero attached hydrogens (tertiary/aromatic N) is 3. The van der Waals surface area contributed by atoms with Crippen LogP contribution in [0.5, 0.6) is 0 Å². The molecule has 0 saturated carbocycles. The first-order chi connectivity index (χ1) is 8.72. The molecular weight excluding hydrogens is 228 g/mol. The Morgan fingerprint density at radius 1 is 1.28 bits per heavy atom. The van der Waals surface area contributed by atoms with Crippen molar-refractivity contribution in [2.45, 2.75) is 0 Å². The number of urea groups is 1. The quantitative estimate of drug-likeness (QED) is 0.744. The number of nitrogens with two attached hydrogens (primary N) is 1. The molecule has 2 N–H and O–H groups in total. The van der Waals surface area contributed by atoms with Gasteiger partial charge in [0.25, 0.3) is 0 Å². The highest BCUT2D eigenvalue weighted by Gasteiger charge is 2.44. The fourth-order valence-corrected chi connectivity index (χ4v) is 1.92. The van der Waals surface area contributed by atoms with Crippen LogP contribution in [-0.4, -0.2) is 22.7 Å². The molecule has 5 heteroatoms. The molecule has 0 bridgehead atoms. The number of quaternary nitrogens is 1. The molecule has 2 heterocycles. The third-order valence-corrected chi connectivity index (χ3v) is 2.86. The number of hydrogen-bond donors (Lipinski definition) is 1. The Labute approximate surface area is 104 Å². The SMILES string of the molecule is NC(=O)[N+]12C=C[C]=NC1=NC(c1ccccc1)=C2. The van der Waals surface area contributed by atoms with Gasteiger partial charge in [-0.05, 0) is 0 Å². The highest BCUT2D eigenvalue weighted by Crippen LogP contribution is 2.30. The molecule has 2 amide bonds. The maximum atomic E-state index is 11.7. The lowest BCUT2D eigenvalue weighted by atomic mass is 10.2. The standard InChI is InChI=1S/C13H9N4O/c14-12(18)17-8-4-7-15-13(17)16-11(9-17)10-5-2-1-3-6-10/h1-6,8-9H,(H-,14,18)/p+1. The molecule has 0 saturated heterocycles. The Balaban J connectivity index is 2.14. The van der Waals surface area contributed by atoms with Gasteiger partial charge in [-0.25, -0.2) is 4.79 Å². The van der Waals surface area contributed by atoms with Crippen molar-refractivity contribution < 1.29 is 9.28 Å². The molecule has 5 nitrogen and oxygen atoms in total. The van der Waals surface area contributed by atoms with E-state index in [2.05, 4.69) is 16.2 Å². The van der Waals surface area contributed by atoms with Crippen molar-refractivity contribution in [3.05, 3.63) is 54.4 Å². The number of primary amides is 1. The van der Waals surface area contributed by atoms with Crippen molar-refractivity contribution in [2.75, 3.05) is 0 Å². The van der Waals surface area contributed by atoms with E-state index in [9.17, 15) is 4.79 Å². The Hall–Kier alpha value is -2.53. The monoisotopic (exact) mass is 238 g/mol. The lowest BCUT2D eigenvalue weighted by molar-refractivity contribution is -0.635. The summed E-state index contributed by atoms with van der Waals surface area (Å²) in [6.45, 7) is 0. The molecular formula is C13H10N4O+. The minimum absolute atomic E-state index is 0.281. The second-order valence-electron chi connectivity index (χ2n) is 3.96. The van der Waals surface area contributed by atoms with Crippen LogP contribution in [0.15, 0.2) is 58.8 Å². The molecule has 0 spiro atoms. The lowest BCUT2D eigenvalue weighted by Crippen LogP contribution is -2.50. The van der Waals surface area contributed by atoms with Gasteiger partial charge in [0.05, 0.1) is 0 Å². The second-order valence-corrected chi connectivity index (χ2v) is 3.96. The van der Waals surface area contributed by atoms with Crippen LogP contribution >= 0.6 is 0 Å². The molecule has 0 fully saturated rings. The van der Waals surface area contributed by atoms with E-state index in [-0.39, 0.29) is 4.48 Å². The van der Waals surface area contributed by atoms with Crippen molar-refractivity contribution >= 4 is 23.9 Å². The van der Waals surface area contributed by atoms with Crippen molar-refractivity contribution in [3.8, 4) is 0 Å². The molecule has 2 aliphatic heterocycles. The smallest absolute Gasteiger partial charge is 0.318 e. The maximum absolute atomic E-state index is 11.7. The van der Waals surface area contributed by atoms with Crippen molar-refractivity contribution in [3.63, 3.8) is 0 Å². The Morgan fingerprint density at radius 3 is 2.72 bits per heavy atom. The zero-order valence-corrected chi connectivity index (χ0v) is 9.45. The number of amides is 2. The summed E-state index contributed by atoms with van der Waals surface area (Å²) < 4.78 is -0.281. The van der Waals surface area contributed by atoms with Gasteiger partial charge in [-0.1, -0.05) is 30.3 Å². The Kier molecular flexibility index (Phi) is 2.21. The number of fused-ring (bicyclic) bond motifs is 1. The van der Waals surface area contributed by atoms with Gasteiger partial charge < -0.3 is 5.73 Å². The largest absolute Gasteiger partial charge is 0.431 e. The van der Waals surface area contributed by atoms with E-state index in [4.69, 9.17) is 5.73 Å². The highest BCUT2D eigenvalue weighted by molar-refractivity contribution is 6.00. The molecule has 2 aliphatic rings. The Morgan fingerprint density at radius 2 is 2.06 bits per heavy atom. The summed E-state index contributed by atoms with van der Waals surface area (Å²) >= 11 is 0. The molecule has 1 aromatic rings. The minimum Gasteiger partial charge on any atom is -0.318 e. The fraction of sp³-hybridized carbons (Fsp3) is 0. The number of benzene rings is 1. The normalized spacial score (nSPS) is 24.4. The summed E-state index contributed by atoms with van der Waals surface area (Å²) in [4.78, 5) is 20.0. The van der Waals surface area contributed by atoms with E-state index < -0.39 is 6.03 Å².